The van der Waals surface area contributed by atoms with Crippen LogP contribution in [0.2, 0.25) is 10.0 Å². The molecule has 0 aliphatic rings. The van der Waals surface area contributed by atoms with Gasteiger partial charge in [0.05, 0.1) is 10.7 Å². The number of anilines is 2. The highest BCUT2D eigenvalue weighted by Crippen LogP contribution is 2.25. The molecule has 2 aromatic carbocycles. The van der Waals surface area contributed by atoms with Crippen molar-refractivity contribution in [3.05, 3.63) is 56.1 Å². The molecular formula is C13H9Cl2IN2O. The Bertz CT molecular complexity index is 619. The van der Waals surface area contributed by atoms with Crippen LogP contribution in [0.5, 0.6) is 0 Å². The van der Waals surface area contributed by atoms with Gasteiger partial charge in [-0.3, -0.25) is 0 Å². The van der Waals surface area contributed by atoms with Gasteiger partial charge in [0.2, 0.25) is 0 Å². The van der Waals surface area contributed by atoms with Crippen LogP contribution in [-0.4, -0.2) is 6.03 Å². The summed E-state index contributed by atoms with van der Waals surface area (Å²) < 4.78 is 1.04. The van der Waals surface area contributed by atoms with Gasteiger partial charge in [0.15, 0.2) is 0 Å². The van der Waals surface area contributed by atoms with Crippen molar-refractivity contribution >= 4 is 63.2 Å². The number of nitrogens with one attached hydrogen (secondary N) is 2. The summed E-state index contributed by atoms with van der Waals surface area (Å²) in [6.07, 6.45) is 0. The van der Waals surface area contributed by atoms with Gasteiger partial charge in [-0.15, -0.1) is 0 Å². The summed E-state index contributed by atoms with van der Waals surface area (Å²) in [5.74, 6) is 0. The van der Waals surface area contributed by atoms with Crippen LogP contribution in [0.3, 0.4) is 0 Å². The van der Waals surface area contributed by atoms with Crippen molar-refractivity contribution in [1.82, 2.24) is 0 Å². The van der Waals surface area contributed by atoms with Crippen LogP contribution in [0.25, 0.3) is 0 Å². The van der Waals surface area contributed by atoms with Gasteiger partial charge in [-0.1, -0.05) is 29.3 Å². The van der Waals surface area contributed by atoms with Gasteiger partial charge >= 0.3 is 6.03 Å². The van der Waals surface area contributed by atoms with Crippen molar-refractivity contribution in [1.29, 1.82) is 0 Å². The third kappa shape index (κ3) is 4.26. The summed E-state index contributed by atoms with van der Waals surface area (Å²) in [7, 11) is 0. The minimum Gasteiger partial charge on any atom is -0.308 e. The van der Waals surface area contributed by atoms with Crippen molar-refractivity contribution in [3.63, 3.8) is 0 Å². The van der Waals surface area contributed by atoms with Crippen LogP contribution < -0.4 is 10.6 Å². The summed E-state index contributed by atoms with van der Waals surface area (Å²) in [5.41, 5.74) is 1.18. The van der Waals surface area contributed by atoms with E-state index in [1.807, 2.05) is 18.2 Å². The normalized spacial score (nSPS) is 10.1. The third-order valence-electron chi connectivity index (χ3n) is 2.26. The fourth-order valence-electron chi connectivity index (χ4n) is 1.44. The molecule has 0 saturated carbocycles. The molecule has 0 fully saturated rings. The highest BCUT2D eigenvalue weighted by atomic mass is 127. The van der Waals surface area contributed by atoms with Gasteiger partial charge in [-0.2, -0.15) is 0 Å². The maximum absolute atomic E-state index is 11.8. The quantitative estimate of drug-likeness (QED) is 0.657. The number of hydrogen-bond donors (Lipinski definition) is 2. The average Bonchev–Trinajstić information content (AvgIpc) is 2.34. The molecule has 0 atom stereocenters. The Balaban J connectivity index is 2.07. The third-order valence-corrected chi connectivity index (χ3v) is 3.49. The molecule has 2 rings (SSSR count). The van der Waals surface area contributed by atoms with E-state index in [0.717, 1.165) is 3.57 Å². The molecule has 6 heteroatoms. The van der Waals surface area contributed by atoms with Crippen molar-refractivity contribution in [2.24, 2.45) is 0 Å². The monoisotopic (exact) mass is 406 g/mol. The average molecular weight is 407 g/mol. The Labute approximate surface area is 134 Å². The minimum absolute atomic E-state index is 0.369. The highest BCUT2D eigenvalue weighted by Gasteiger charge is 2.06. The van der Waals surface area contributed by atoms with Crippen LogP contribution in [0.15, 0.2) is 42.5 Å². The van der Waals surface area contributed by atoms with E-state index in [-0.39, 0.29) is 6.03 Å². The van der Waals surface area contributed by atoms with Gasteiger partial charge in [-0.05, 0) is 59.0 Å². The number of urea groups is 1. The largest absolute Gasteiger partial charge is 0.323 e. The first-order valence-corrected chi connectivity index (χ1v) is 7.17. The zero-order chi connectivity index (χ0) is 13.8. The first kappa shape index (κ1) is 14.4. The van der Waals surface area contributed by atoms with Gasteiger partial charge < -0.3 is 10.6 Å². The number of hydrogen-bond acceptors (Lipinski definition) is 1. The molecule has 0 radical (unpaired) electrons. The molecule has 0 aromatic heterocycles. The SMILES string of the molecule is O=C(Nc1cccc(I)c1)Nc1cc(Cl)ccc1Cl. The van der Waals surface area contributed by atoms with Gasteiger partial charge in [0.25, 0.3) is 0 Å². The van der Waals surface area contributed by atoms with Crippen molar-refractivity contribution in [2.75, 3.05) is 10.6 Å². The van der Waals surface area contributed by atoms with E-state index in [2.05, 4.69) is 33.2 Å². The molecule has 19 heavy (non-hydrogen) atoms. The van der Waals surface area contributed by atoms with E-state index in [9.17, 15) is 4.79 Å². The molecule has 0 heterocycles. The zero-order valence-electron chi connectivity index (χ0n) is 9.58. The predicted molar refractivity (Wildman–Crippen MR) is 88.3 cm³/mol. The van der Waals surface area contributed by atoms with Crippen LogP contribution in [0.1, 0.15) is 0 Å². The second-order valence-corrected chi connectivity index (χ2v) is 5.80. The summed E-state index contributed by atoms with van der Waals surface area (Å²) >= 11 is 14.0. The predicted octanol–water partition coefficient (Wildman–Crippen LogP) is 5.24. The van der Waals surface area contributed by atoms with E-state index < -0.39 is 0 Å². The van der Waals surface area contributed by atoms with E-state index in [0.29, 0.717) is 21.4 Å². The molecule has 2 N–H and O–H groups in total. The Morgan fingerprint density at radius 1 is 1.05 bits per heavy atom. The Kier molecular flexibility index (Phi) is 4.90. The van der Waals surface area contributed by atoms with Gasteiger partial charge in [0.1, 0.15) is 0 Å². The van der Waals surface area contributed by atoms with Crippen LogP contribution in [0.4, 0.5) is 16.2 Å². The fraction of sp³-hybridized carbons (Fsp3) is 0. The van der Waals surface area contributed by atoms with Crippen molar-refractivity contribution < 1.29 is 4.79 Å². The van der Waals surface area contributed by atoms with E-state index in [1.165, 1.54) is 0 Å². The summed E-state index contributed by atoms with van der Waals surface area (Å²) in [6.45, 7) is 0. The first-order chi connectivity index (χ1) is 9.04. The zero-order valence-corrected chi connectivity index (χ0v) is 13.3. The second kappa shape index (κ2) is 6.45. The van der Waals surface area contributed by atoms with Crippen LogP contribution in [0, 0.1) is 3.57 Å². The summed E-state index contributed by atoms with van der Waals surface area (Å²) in [4.78, 5) is 11.8. The standard InChI is InChI=1S/C13H9Cl2IN2O/c14-8-4-5-11(15)12(6-8)18-13(19)17-10-3-1-2-9(16)7-10/h1-7H,(H2,17,18,19). The fourth-order valence-corrected chi connectivity index (χ4v) is 2.32. The topological polar surface area (TPSA) is 41.1 Å². The lowest BCUT2D eigenvalue weighted by molar-refractivity contribution is 0.262. The van der Waals surface area contributed by atoms with Crippen molar-refractivity contribution in [2.45, 2.75) is 0 Å². The molecule has 2 aromatic rings. The smallest absolute Gasteiger partial charge is 0.308 e. The number of halogens is 3. The minimum atomic E-state index is -0.369. The van der Waals surface area contributed by atoms with Crippen molar-refractivity contribution in [3.8, 4) is 0 Å². The molecule has 2 amide bonds. The highest BCUT2D eigenvalue weighted by molar-refractivity contribution is 14.1. The molecule has 98 valence electrons. The second-order valence-electron chi connectivity index (χ2n) is 3.71. The van der Waals surface area contributed by atoms with E-state index in [4.69, 9.17) is 23.2 Å². The molecule has 0 aliphatic carbocycles. The molecule has 0 spiro atoms. The van der Waals surface area contributed by atoms with Gasteiger partial charge in [0, 0.05) is 14.3 Å². The number of rotatable bonds is 2. The Morgan fingerprint density at radius 3 is 2.58 bits per heavy atom. The number of carbonyl (C=O) groups excluding carboxylic acids is 1. The van der Waals surface area contributed by atoms with Crippen LogP contribution in [-0.2, 0) is 0 Å². The Hall–Kier alpha value is -0.980. The first-order valence-electron chi connectivity index (χ1n) is 5.33. The molecule has 0 saturated heterocycles. The van der Waals surface area contributed by atoms with Crippen LogP contribution >= 0.6 is 45.8 Å². The lowest BCUT2D eigenvalue weighted by Crippen LogP contribution is -2.19. The number of carbonyl (C=O) groups is 1. The maximum atomic E-state index is 11.8. The molecule has 0 aliphatic heterocycles. The lowest BCUT2D eigenvalue weighted by atomic mass is 10.3. The number of benzene rings is 2. The van der Waals surface area contributed by atoms with E-state index in [1.54, 1.807) is 24.3 Å². The summed E-state index contributed by atoms with van der Waals surface area (Å²) in [6, 6.07) is 12.0. The molecule has 3 nitrogen and oxygen atoms in total. The molecular weight excluding hydrogens is 398 g/mol. The lowest BCUT2D eigenvalue weighted by Gasteiger charge is -2.09. The summed E-state index contributed by atoms with van der Waals surface area (Å²) in [5, 5.41) is 6.31. The van der Waals surface area contributed by atoms with Gasteiger partial charge in [-0.25, -0.2) is 4.79 Å². The van der Waals surface area contributed by atoms with E-state index >= 15 is 0 Å². The Morgan fingerprint density at radius 2 is 1.84 bits per heavy atom. The molecule has 0 unspecified atom stereocenters. The maximum Gasteiger partial charge on any atom is 0.323 e. The number of amides is 2. The molecule has 0 bridgehead atoms.